The fourth-order valence-electron chi connectivity index (χ4n) is 5.86. The maximum atomic E-state index is 5.99. The van der Waals surface area contributed by atoms with Gasteiger partial charge in [-0.1, -0.05) is 20.3 Å². The molecule has 2 N–H and O–H groups in total. The first-order valence-electron chi connectivity index (χ1n) is 10.3. The van der Waals surface area contributed by atoms with Crippen molar-refractivity contribution in [1.82, 2.24) is 10.6 Å². The molecule has 0 aromatic rings. The van der Waals surface area contributed by atoms with Crippen molar-refractivity contribution in [3.8, 4) is 0 Å². The molecule has 0 amide bonds. The highest BCUT2D eigenvalue weighted by atomic mass is 16.5. The minimum Gasteiger partial charge on any atom is -0.378 e. The minimum atomic E-state index is 0.180. The maximum absolute atomic E-state index is 5.99. The number of guanidine groups is 1. The number of hydrogen-bond donors (Lipinski definition) is 2. The predicted molar refractivity (Wildman–Crippen MR) is 99.8 cm³/mol. The second-order valence-electron chi connectivity index (χ2n) is 8.97. The SMILES string of the molecule is CCN=C(NC1C2CCOC2C1(C)C)NC1CC(OCC)C12CCC2. The van der Waals surface area contributed by atoms with Gasteiger partial charge in [0, 0.05) is 48.6 Å². The molecule has 4 aliphatic rings. The molecular formula is C20H35N3O2. The molecule has 1 heterocycles. The summed E-state index contributed by atoms with van der Waals surface area (Å²) in [6, 6.07) is 0.965. The van der Waals surface area contributed by atoms with Gasteiger partial charge in [0.15, 0.2) is 5.96 Å². The normalized spacial score (nSPS) is 40.6. The van der Waals surface area contributed by atoms with Crippen molar-refractivity contribution < 1.29 is 9.47 Å². The van der Waals surface area contributed by atoms with Gasteiger partial charge in [-0.2, -0.15) is 0 Å². The Morgan fingerprint density at radius 3 is 2.68 bits per heavy atom. The van der Waals surface area contributed by atoms with Crippen LogP contribution in [-0.4, -0.2) is 50.0 Å². The molecule has 0 radical (unpaired) electrons. The van der Waals surface area contributed by atoms with Crippen LogP contribution in [0.2, 0.25) is 0 Å². The summed E-state index contributed by atoms with van der Waals surface area (Å²) in [5, 5.41) is 7.54. The molecule has 0 bridgehead atoms. The first kappa shape index (κ1) is 17.6. The van der Waals surface area contributed by atoms with Crippen molar-refractivity contribution in [3.05, 3.63) is 0 Å². The lowest BCUT2D eigenvalue weighted by Gasteiger charge is -2.61. The average Bonchev–Trinajstić information content (AvgIpc) is 2.96. The van der Waals surface area contributed by atoms with Crippen molar-refractivity contribution in [2.75, 3.05) is 19.8 Å². The fourth-order valence-corrected chi connectivity index (χ4v) is 5.86. The van der Waals surface area contributed by atoms with E-state index < -0.39 is 0 Å². The Balaban J connectivity index is 1.40. The van der Waals surface area contributed by atoms with E-state index >= 15 is 0 Å². The van der Waals surface area contributed by atoms with Gasteiger partial charge in [0.05, 0.1) is 12.2 Å². The molecule has 3 aliphatic carbocycles. The molecule has 1 saturated heterocycles. The van der Waals surface area contributed by atoms with Gasteiger partial charge >= 0.3 is 0 Å². The molecule has 1 spiro atoms. The lowest BCUT2D eigenvalue weighted by Crippen LogP contribution is -2.72. The Kier molecular flexibility index (Phi) is 4.52. The Morgan fingerprint density at radius 2 is 2.04 bits per heavy atom. The summed E-state index contributed by atoms with van der Waals surface area (Å²) < 4.78 is 11.9. The Labute approximate surface area is 152 Å². The van der Waals surface area contributed by atoms with E-state index in [0.29, 0.717) is 35.6 Å². The third kappa shape index (κ3) is 2.61. The number of ether oxygens (including phenoxy) is 2. The van der Waals surface area contributed by atoms with Gasteiger partial charge in [0.2, 0.25) is 0 Å². The fraction of sp³-hybridized carbons (Fsp3) is 0.950. The highest BCUT2D eigenvalue weighted by Gasteiger charge is 2.61. The van der Waals surface area contributed by atoms with Gasteiger partial charge in [0.25, 0.3) is 0 Å². The van der Waals surface area contributed by atoms with Gasteiger partial charge in [-0.25, -0.2) is 0 Å². The Morgan fingerprint density at radius 1 is 1.24 bits per heavy atom. The Bertz CT molecular complexity index is 529. The van der Waals surface area contributed by atoms with E-state index in [0.717, 1.165) is 32.1 Å². The van der Waals surface area contributed by atoms with Crippen molar-refractivity contribution >= 4 is 5.96 Å². The molecule has 142 valence electrons. The number of nitrogens with one attached hydrogen (secondary N) is 2. The van der Waals surface area contributed by atoms with E-state index in [1.165, 1.54) is 25.7 Å². The topological polar surface area (TPSA) is 54.9 Å². The summed E-state index contributed by atoms with van der Waals surface area (Å²) in [5.41, 5.74) is 0.541. The zero-order valence-corrected chi connectivity index (χ0v) is 16.3. The number of fused-ring (bicyclic) bond motifs is 1. The van der Waals surface area contributed by atoms with E-state index in [1.807, 2.05) is 0 Å². The van der Waals surface area contributed by atoms with Crippen LogP contribution in [0.5, 0.6) is 0 Å². The van der Waals surface area contributed by atoms with Crippen molar-refractivity contribution in [2.45, 2.75) is 84.1 Å². The number of nitrogens with zero attached hydrogens (tertiary/aromatic N) is 1. The molecule has 5 unspecified atom stereocenters. The smallest absolute Gasteiger partial charge is 0.191 e. The van der Waals surface area contributed by atoms with Crippen LogP contribution in [0, 0.1) is 16.7 Å². The van der Waals surface area contributed by atoms with Crippen LogP contribution >= 0.6 is 0 Å². The van der Waals surface area contributed by atoms with Crippen LogP contribution in [0.15, 0.2) is 4.99 Å². The molecule has 5 heteroatoms. The zero-order valence-electron chi connectivity index (χ0n) is 16.3. The molecule has 1 aliphatic heterocycles. The summed E-state index contributed by atoms with van der Waals surface area (Å²) in [5.74, 6) is 1.63. The third-order valence-corrected chi connectivity index (χ3v) is 7.46. The highest BCUT2D eigenvalue weighted by Crippen LogP contribution is 2.57. The summed E-state index contributed by atoms with van der Waals surface area (Å²) in [6.45, 7) is 11.4. The largest absolute Gasteiger partial charge is 0.378 e. The standard InChI is InChI=1S/C20H35N3O2/c1-5-21-18(23-16-13-8-11-25-17(13)19(16,3)4)22-14-12-15(24-6-2)20(14)9-7-10-20/h13-17H,5-12H2,1-4H3,(H2,21,22,23). The lowest BCUT2D eigenvalue weighted by molar-refractivity contribution is -0.168. The lowest BCUT2D eigenvalue weighted by atomic mass is 9.51. The van der Waals surface area contributed by atoms with E-state index in [1.54, 1.807) is 0 Å². The minimum absolute atomic E-state index is 0.180. The molecule has 5 nitrogen and oxygen atoms in total. The zero-order chi connectivity index (χ0) is 17.7. The van der Waals surface area contributed by atoms with Crippen molar-refractivity contribution in [3.63, 3.8) is 0 Å². The first-order valence-corrected chi connectivity index (χ1v) is 10.3. The van der Waals surface area contributed by atoms with Crippen LogP contribution in [-0.2, 0) is 9.47 Å². The quantitative estimate of drug-likeness (QED) is 0.592. The summed E-state index contributed by atoms with van der Waals surface area (Å²) in [6.07, 6.45) is 7.07. The van der Waals surface area contributed by atoms with E-state index in [2.05, 4.69) is 38.3 Å². The second kappa shape index (κ2) is 6.41. The van der Waals surface area contributed by atoms with Crippen molar-refractivity contribution in [1.29, 1.82) is 0 Å². The third-order valence-electron chi connectivity index (χ3n) is 7.46. The molecular weight excluding hydrogens is 314 g/mol. The molecule has 4 rings (SSSR count). The molecule has 5 atom stereocenters. The molecule has 25 heavy (non-hydrogen) atoms. The number of hydrogen-bond acceptors (Lipinski definition) is 3. The van der Waals surface area contributed by atoms with Gasteiger partial charge in [-0.3, -0.25) is 4.99 Å². The predicted octanol–water partition coefficient (Wildman–Crippen LogP) is 2.70. The van der Waals surface area contributed by atoms with Gasteiger partial charge in [-0.05, 0) is 39.5 Å². The monoisotopic (exact) mass is 349 g/mol. The van der Waals surface area contributed by atoms with Gasteiger partial charge < -0.3 is 20.1 Å². The summed E-state index contributed by atoms with van der Waals surface area (Å²) in [7, 11) is 0. The summed E-state index contributed by atoms with van der Waals surface area (Å²) >= 11 is 0. The maximum Gasteiger partial charge on any atom is 0.191 e. The molecule has 0 aromatic carbocycles. The van der Waals surface area contributed by atoms with Gasteiger partial charge in [0.1, 0.15) is 0 Å². The van der Waals surface area contributed by atoms with Crippen LogP contribution in [0.1, 0.15) is 59.8 Å². The van der Waals surface area contributed by atoms with E-state index in [9.17, 15) is 0 Å². The van der Waals surface area contributed by atoms with Crippen LogP contribution in [0.25, 0.3) is 0 Å². The van der Waals surface area contributed by atoms with E-state index in [4.69, 9.17) is 14.5 Å². The van der Waals surface area contributed by atoms with Crippen molar-refractivity contribution in [2.24, 2.45) is 21.7 Å². The second-order valence-corrected chi connectivity index (χ2v) is 8.97. The van der Waals surface area contributed by atoms with Gasteiger partial charge in [-0.15, -0.1) is 0 Å². The van der Waals surface area contributed by atoms with Crippen LogP contribution in [0.3, 0.4) is 0 Å². The Hall–Kier alpha value is -0.810. The first-order chi connectivity index (χ1) is 12.0. The average molecular weight is 350 g/mol. The molecule has 0 aromatic heterocycles. The van der Waals surface area contributed by atoms with E-state index in [-0.39, 0.29) is 5.41 Å². The molecule has 3 saturated carbocycles. The number of rotatable bonds is 5. The number of aliphatic imine (C=N–C) groups is 1. The van der Waals surface area contributed by atoms with Crippen LogP contribution in [0.4, 0.5) is 0 Å². The highest BCUT2D eigenvalue weighted by molar-refractivity contribution is 5.81. The molecule has 4 fully saturated rings. The van der Waals surface area contributed by atoms with Crippen LogP contribution < -0.4 is 10.6 Å². The summed E-state index contributed by atoms with van der Waals surface area (Å²) in [4.78, 5) is 4.76.